The van der Waals surface area contributed by atoms with Gasteiger partial charge in [0.1, 0.15) is 12.1 Å². The van der Waals surface area contributed by atoms with Crippen LogP contribution in [0.15, 0.2) is 30.3 Å². The van der Waals surface area contributed by atoms with Gasteiger partial charge in [0.05, 0.1) is 20.1 Å². The predicted molar refractivity (Wildman–Crippen MR) is 102 cm³/mol. The molecule has 148 valence electrons. The number of amides is 1. The number of esters is 1. The van der Waals surface area contributed by atoms with E-state index in [2.05, 4.69) is 12.4 Å². The summed E-state index contributed by atoms with van der Waals surface area (Å²) >= 11 is 0. The minimum absolute atomic E-state index is 0.0864. The zero-order valence-electron chi connectivity index (χ0n) is 16.7. The van der Waals surface area contributed by atoms with Gasteiger partial charge in [0.2, 0.25) is 0 Å². The molecule has 1 aromatic rings. The number of nitrogens with one attached hydrogen (secondary N) is 1. The second kappa shape index (κ2) is 7.50. The Hall–Kier alpha value is -2.08. The van der Waals surface area contributed by atoms with Crippen molar-refractivity contribution in [3.05, 3.63) is 35.9 Å². The third kappa shape index (κ3) is 5.01. The number of benzene rings is 1. The summed E-state index contributed by atoms with van der Waals surface area (Å²) in [7, 11) is 2.23. The topological polar surface area (TPSA) is 64.6 Å². The zero-order valence-corrected chi connectivity index (χ0v) is 16.7. The van der Waals surface area contributed by atoms with Crippen molar-refractivity contribution in [1.82, 2.24) is 5.32 Å². The highest BCUT2D eigenvalue weighted by Gasteiger charge is 2.46. The van der Waals surface area contributed by atoms with Crippen molar-refractivity contribution in [3.8, 4) is 0 Å². The Morgan fingerprint density at radius 3 is 2.33 bits per heavy atom. The fourth-order valence-corrected chi connectivity index (χ4v) is 4.05. The van der Waals surface area contributed by atoms with Crippen LogP contribution in [0, 0.1) is 5.92 Å². The molecule has 4 rings (SSSR count). The highest BCUT2D eigenvalue weighted by atomic mass is 16.6. The van der Waals surface area contributed by atoms with E-state index in [1.165, 1.54) is 0 Å². The fourth-order valence-electron chi connectivity index (χ4n) is 4.05. The summed E-state index contributed by atoms with van der Waals surface area (Å²) in [5.41, 5.74) is 0.0547. The number of carbonyl (C=O) groups excluding carboxylic acids is 2. The molecule has 2 unspecified atom stereocenters. The van der Waals surface area contributed by atoms with Crippen molar-refractivity contribution < 1.29 is 23.5 Å². The largest absolute Gasteiger partial charge is 0.454 e. The molecule has 6 heteroatoms. The minimum Gasteiger partial charge on any atom is -0.454 e. The van der Waals surface area contributed by atoms with Gasteiger partial charge in [-0.2, -0.15) is 0 Å². The first-order chi connectivity index (χ1) is 12.7. The first-order valence-electron chi connectivity index (χ1n) is 9.74. The van der Waals surface area contributed by atoms with E-state index < -0.39 is 23.7 Å². The van der Waals surface area contributed by atoms with Crippen LogP contribution in [0.2, 0.25) is 0 Å². The van der Waals surface area contributed by atoms with Crippen LogP contribution in [0.3, 0.4) is 0 Å². The molecule has 3 saturated heterocycles. The number of nitrogens with zero attached hydrogens (tertiary/aromatic N) is 1. The lowest BCUT2D eigenvalue weighted by molar-refractivity contribution is -0.928. The van der Waals surface area contributed by atoms with Crippen LogP contribution in [-0.2, 0) is 14.3 Å². The lowest BCUT2D eigenvalue weighted by atomic mass is 9.84. The molecule has 3 heterocycles. The van der Waals surface area contributed by atoms with Gasteiger partial charge in [-0.25, -0.2) is 9.59 Å². The lowest BCUT2D eigenvalue weighted by Gasteiger charge is -2.49. The zero-order chi connectivity index (χ0) is 19.7. The summed E-state index contributed by atoms with van der Waals surface area (Å²) in [5.74, 6) is 0.00394. The summed E-state index contributed by atoms with van der Waals surface area (Å²) in [6.07, 6.45) is 1.46. The standard InChI is InChI=1S/C21H30N2O4/c1-21(2,3)27-20(25)22-18(16-8-6-5-7-9-16)19(24)26-17-14-23(4)12-10-15(17)11-13-23/h5-9,15,17-18H,10-14H2,1-4H3/p+1. The average Bonchev–Trinajstić information content (AvgIpc) is 2.59. The molecule has 0 aromatic heterocycles. The monoisotopic (exact) mass is 375 g/mol. The molecule has 1 aromatic carbocycles. The van der Waals surface area contributed by atoms with E-state index in [-0.39, 0.29) is 6.10 Å². The van der Waals surface area contributed by atoms with Crippen molar-refractivity contribution in [1.29, 1.82) is 0 Å². The number of hydrogen-bond donors (Lipinski definition) is 1. The van der Waals surface area contributed by atoms with Crippen molar-refractivity contribution in [2.75, 3.05) is 26.7 Å². The van der Waals surface area contributed by atoms with Crippen molar-refractivity contribution in [2.24, 2.45) is 5.92 Å². The Balaban J connectivity index is 1.72. The molecular weight excluding hydrogens is 344 g/mol. The van der Waals surface area contributed by atoms with Crippen molar-refractivity contribution in [3.63, 3.8) is 0 Å². The van der Waals surface area contributed by atoms with Crippen LogP contribution in [0.4, 0.5) is 4.79 Å². The summed E-state index contributed by atoms with van der Waals surface area (Å²) in [6.45, 7) is 8.53. The van der Waals surface area contributed by atoms with Gasteiger partial charge in [-0.3, -0.25) is 0 Å². The van der Waals surface area contributed by atoms with Gasteiger partial charge in [-0.1, -0.05) is 30.3 Å². The van der Waals surface area contributed by atoms with Gasteiger partial charge < -0.3 is 19.3 Å². The number of quaternary nitrogens is 1. The SMILES string of the molecule is CC(C)(C)OC(=O)NC(C(=O)OC1C[N+]2(C)CCC1CC2)c1ccccc1. The van der Waals surface area contributed by atoms with Crippen molar-refractivity contribution >= 4 is 12.1 Å². The van der Waals surface area contributed by atoms with Crippen LogP contribution in [0.5, 0.6) is 0 Å². The molecule has 2 bridgehead atoms. The molecule has 2 atom stereocenters. The Kier molecular flexibility index (Phi) is 5.47. The number of hydrogen-bond acceptors (Lipinski definition) is 4. The summed E-state index contributed by atoms with van der Waals surface area (Å²) in [5, 5.41) is 2.69. The molecule has 3 fully saturated rings. The Bertz CT molecular complexity index is 675. The van der Waals surface area contributed by atoms with E-state index in [1.807, 2.05) is 30.3 Å². The molecular formula is C21H31N2O4+. The van der Waals surface area contributed by atoms with Gasteiger partial charge >= 0.3 is 12.1 Å². The van der Waals surface area contributed by atoms with Gasteiger partial charge in [-0.15, -0.1) is 0 Å². The molecule has 27 heavy (non-hydrogen) atoms. The predicted octanol–water partition coefficient (Wildman–Crippen LogP) is 3.03. The quantitative estimate of drug-likeness (QED) is 0.649. The summed E-state index contributed by atoms with van der Waals surface area (Å²) in [4.78, 5) is 25.3. The maximum absolute atomic E-state index is 13.0. The summed E-state index contributed by atoms with van der Waals surface area (Å²) in [6, 6.07) is 8.31. The maximum atomic E-state index is 13.0. The van der Waals surface area contributed by atoms with E-state index in [4.69, 9.17) is 9.47 Å². The molecule has 0 saturated carbocycles. The van der Waals surface area contributed by atoms with E-state index in [0.717, 1.165) is 37.0 Å². The molecule has 0 spiro atoms. The summed E-state index contributed by atoms with van der Waals surface area (Å²) < 4.78 is 12.2. The van der Waals surface area contributed by atoms with Crippen molar-refractivity contribution in [2.45, 2.75) is 51.4 Å². The molecule has 1 amide bonds. The molecule has 1 N–H and O–H groups in total. The van der Waals surface area contributed by atoms with Crippen LogP contribution in [-0.4, -0.2) is 54.9 Å². The van der Waals surface area contributed by atoms with Crippen LogP contribution in [0.25, 0.3) is 0 Å². The second-order valence-corrected chi connectivity index (χ2v) is 9.05. The molecule has 0 aliphatic carbocycles. The number of ether oxygens (including phenoxy) is 2. The Morgan fingerprint density at radius 1 is 1.15 bits per heavy atom. The van der Waals surface area contributed by atoms with E-state index in [1.54, 1.807) is 20.8 Å². The molecule has 6 nitrogen and oxygen atoms in total. The number of fused-ring (bicyclic) bond motifs is 3. The molecule has 3 aliphatic rings. The Morgan fingerprint density at radius 2 is 1.78 bits per heavy atom. The highest BCUT2D eigenvalue weighted by molar-refractivity contribution is 5.83. The van der Waals surface area contributed by atoms with Gasteiger partial charge in [0.15, 0.2) is 12.1 Å². The number of rotatable bonds is 4. The first-order valence-corrected chi connectivity index (χ1v) is 9.74. The van der Waals surface area contributed by atoms with Gasteiger partial charge in [0, 0.05) is 18.8 Å². The minimum atomic E-state index is -0.873. The first kappa shape index (κ1) is 19.7. The number of alkyl carbamates (subject to hydrolysis) is 1. The maximum Gasteiger partial charge on any atom is 0.408 e. The number of carbonyl (C=O) groups is 2. The number of likely N-dealkylation sites (N-methyl/N-ethyl adjacent to an activating group) is 1. The van der Waals surface area contributed by atoms with Gasteiger partial charge in [0.25, 0.3) is 0 Å². The molecule has 0 radical (unpaired) electrons. The third-order valence-corrected chi connectivity index (χ3v) is 5.52. The second-order valence-electron chi connectivity index (χ2n) is 9.05. The van der Waals surface area contributed by atoms with E-state index in [9.17, 15) is 9.59 Å². The van der Waals surface area contributed by atoms with Crippen LogP contribution in [0.1, 0.15) is 45.2 Å². The fraction of sp³-hybridized carbons (Fsp3) is 0.619. The normalized spacial score (nSPS) is 28.3. The number of piperidine rings is 3. The average molecular weight is 375 g/mol. The van der Waals surface area contributed by atoms with E-state index in [0.29, 0.717) is 11.5 Å². The van der Waals surface area contributed by atoms with Gasteiger partial charge in [-0.05, 0) is 26.3 Å². The van der Waals surface area contributed by atoms with Crippen LogP contribution >= 0.6 is 0 Å². The van der Waals surface area contributed by atoms with Crippen LogP contribution < -0.4 is 5.32 Å². The lowest BCUT2D eigenvalue weighted by Crippen LogP contribution is -2.62. The highest BCUT2D eigenvalue weighted by Crippen LogP contribution is 2.34. The Labute approximate surface area is 161 Å². The molecule has 3 aliphatic heterocycles. The smallest absolute Gasteiger partial charge is 0.408 e. The third-order valence-electron chi connectivity index (χ3n) is 5.52. The van der Waals surface area contributed by atoms with E-state index >= 15 is 0 Å².